The van der Waals surface area contributed by atoms with E-state index >= 15 is 0 Å². The number of aliphatic hydroxyl groups excluding tert-OH is 1. The topological polar surface area (TPSA) is 132 Å². The van der Waals surface area contributed by atoms with Gasteiger partial charge in [-0.1, -0.05) is 24.1 Å². The lowest BCUT2D eigenvalue weighted by Gasteiger charge is -2.31. The zero-order valence-electron chi connectivity index (χ0n) is 19.5. The second-order valence-corrected chi connectivity index (χ2v) is 8.37. The van der Waals surface area contributed by atoms with Crippen molar-refractivity contribution < 1.29 is 14.6 Å². The number of aliphatic hydroxyl groups is 1. The van der Waals surface area contributed by atoms with Gasteiger partial charge in [0.1, 0.15) is 23.6 Å². The first-order valence-electron chi connectivity index (χ1n) is 11.7. The molecular weight excluding hydrogens is 458 g/mol. The molecule has 10 heteroatoms. The van der Waals surface area contributed by atoms with E-state index in [2.05, 4.69) is 26.8 Å². The van der Waals surface area contributed by atoms with Gasteiger partial charge in [-0.15, -0.1) is 0 Å². The van der Waals surface area contributed by atoms with Gasteiger partial charge in [-0.3, -0.25) is 4.79 Å². The van der Waals surface area contributed by atoms with Gasteiger partial charge in [-0.05, 0) is 37.0 Å². The number of hydrogen-bond donors (Lipinski definition) is 2. The fraction of sp³-hybridized carbons (Fsp3) is 0.269. The summed E-state index contributed by atoms with van der Waals surface area (Å²) in [5.74, 6) is 6.54. The fourth-order valence-corrected chi connectivity index (χ4v) is 4.25. The third-order valence-corrected chi connectivity index (χ3v) is 5.96. The third kappa shape index (κ3) is 4.82. The summed E-state index contributed by atoms with van der Waals surface area (Å²) >= 11 is 0. The minimum absolute atomic E-state index is 0.0691. The molecule has 1 fully saturated rings. The van der Waals surface area contributed by atoms with Crippen LogP contribution in [0.15, 0.2) is 55.0 Å². The summed E-state index contributed by atoms with van der Waals surface area (Å²) in [6.45, 7) is 1.01. The molecule has 1 unspecified atom stereocenters. The fourth-order valence-electron chi connectivity index (χ4n) is 4.25. The molecule has 1 saturated heterocycles. The first-order valence-corrected chi connectivity index (χ1v) is 11.7. The number of carbonyl (C=O) groups excluding carboxylic acids is 1. The molecule has 1 aliphatic heterocycles. The van der Waals surface area contributed by atoms with E-state index in [0.717, 1.165) is 18.4 Å². The molecule has 0 spiro atoms. The molecule has 0 bridgehead atoms. The van der Waals surface area contributed by atoms with Gasteiger partial charge in [0.2, 0.25) is 5.88 Å². The molecule has 5 rings (SSSR count). The quantitative estimate of drug-likeness (QED) is 0.414. The largest absolute Gasteiger partial charge is 0.439 e. The van der Waals surface area contributed by atoms with Gasteiger partial charge in [-0.25, -0.2) is 19.6 Å². The number of hydrogen-bond acceptors (Lipinski definition) is 8. The second kappa shape index (κ2) is 10.4. The number of likely N-dealkylation sites (tertiary alicyclic amines) is 1. The number of nitrogen functional groups attached to an aromatic ring is 1. The van der Waals surface area contributed by atoms with E-state index in [-0.39, 0.29) is 25.0 Å². The average Bonchev–Trinajstić information content (AvgIpc) is 3.31. The maximum atomic E-state index is 12.5. The van der Waals surface area contributed by atoms with Crippen molar-refractivity contribution in [2.45, 2.75) is 25.3 Å². The average molecular weight is 484 g/mol. The van der Waals surface area contributed by atoms with Crippen molar-refractivity contribution in [2.75, 3.05) is 25.4 Å². The molecule has 4 heterocycles. The van der Waals surface area contributed by atoms with E-state index in [0.29, 0.717) is 47.3 Å². The number of pyridine rings is 1. The number of benzene rings is 1. The number of fused-ring (bicyclic) bond motifs is 1. The van der Waals surface area contributed by atoms with Crippen LogP contribution in [0.4, 0.5) is 5.82 Å². The number of anilines is 1. The molecule has 182 valence electrons. The van der Waals surface area contributed by atoms with Crippen LogP contribution in [0.1, 0.15) is 25.3 Å². The molecule has 0 aliphatic carbocycles. The lowest BCUT2D eigenvalue weighted by atomic mass is 10.1. The molecule has 10 nitrogen and oxygen atoms in total. The van der Waals surface area contributed by atoms with Gasteiger partial charge >= 0.3 is 0 Å². The van der Waals surface area contributed by atoms with E-state index in [1.807, 2.05) is 41.1 Å². The number of para-hydroxylation sites is 1. The Labute approximate surface area is 207 Å². The predicted octanol–water partition coefficient (Wildman–Crippen LogP) is 2.81. The van der Waals surface area contributed by atoms with Crippen LogP contribution in [0.5, 0.6) is 11.6 Å². The highest BCUT2D eigenvalue weighted by molar-refractivity contribution is 5.98. The van der Waals surface area contributed by atoms with E-state index in [4.69, 9.17) is 20.7 Å². The number of ether oxygens (including phenoxy) is 1. The minimum atomic E-state index is -0.253. The highest BCUT2D eigenvalue weighted by Crippen LogP contribution is 2.34. The monoisotopic (exact) mass is 483 g/mol. The number of nitrogens with zero attached hydrogens (tertiary/aromatic N) is 6. The zero-order chi connectivity index (χ0) is 24.9. The smallest absolute Gasteiger partial charge is 0.298 e. The zero-order valence-corrected chi connectivity index (χ0v) is 19.5. The Kier molecular flexibility index (Phi) is 6.73. The summed E-state index contributed by atoms with van der Waals surface area (Å²) in [5.41, 5.74) is 8.23. The van der Waals surface area contributed by atoms with Crippen LogP contribution in [-0.4, -0.2) is 60.3 Å². The normalized spacial score (nSPS) is 15.4. The van der Waals surface area contributed by atoms with Crippen LogP contribution >= 0.6 is 0 Å². The number of amides is 1. The Morgan fingerprint density at radius 2 is 2.03 bits per heavy atom. The van der Waals surface area contributed by atoms with Crippen LogP contribution in [0.3, 0.4) is 0 Å². The molecule has 0 saturated carbocycles. The number of rotatable bonds is 5. The van der Waals surface area contributed by atoms with Gasteiger partial charge in [-0.2, -0.15) is 5.10 Å². The SMILES string of the molecule is Nc1ncnc2c1c(-c1ccc(Oc3ccccc3)nc1)nn2C1CCCN(C(=O)C#CCCO)C1. The first-order chi connectivity index (χ1) is 17.6. The Hall–Kier alpha value is -4.49. The maximum Gasteiger partial charge on any atom is 0.298 e. The summed E-state index contributed by atoms with van der Waals surface area (Å²) in [7, 11) is 0. The van der Waals surface area contributed by atoms with Crippen molar-refractivity contribution in [3.05, 3.63) is 55.0 Å². The molecule has 1 atom stereocenters. The van der Waals surface area contributed by atoms with E-state index in [1.165, 1.54) is 6.33 Å². The van der Waals surface area contributed by atoms with Crippen molar-refractivity contribution in [1.82, 2.24) is 29.6 Å². The highest BCUT2D eigenvalue weighted by Gasteiger charge is 2.28. The van der Waals surface area contributed by atoms with Gasteiger partial charge in [0.15, 0.2) is 5.65 Å². The molecule has 1 aliphatic rings. The molecule has 3 aromatic heterocycles. The predicted molar refractivity (Wildman–Crippen MR) is 134 cm³/mol. The van der Waals surface area contributed by atoms with E-state index in [9.17, 15) is 4.79 Å². The highest BCUT2D eigenvalue weighted by atomic mass is 16.5. The molecular formula is C26H25N7O3. The standard InChI is InChI=1S/C26H25N7O3/c27-25-23-24(18-11-12-21(28-15-18)36-20-8-2-1-3-9-20)31-33(26(23)30-17-29-25)19-7-6-13-32(16-19)22(35)10-4-5-14-34/h1-3,8-9,11-12,15,17,19,34H,5-7,13-14,16H2,(H2,27,29,30). The van der Waals surface area contributed by atoms with Crippen LogP contribution in [-0.2, 0) is 4.79 Å². The number of nitrogens with two attached hydrogens (primary N) is 1. The molecule has 0 radical (unpaired) electrons. The van der Waals surface area contributed by atoms with Crippen molar-refractivity contribution in [2.24, 2.45) is 0 Å². The van der Waals surface area contributed by atoms with Crippen molar-refractivity contribution in [3.63, 3.8) is 0 Å². The van der Waals surface area contributed by atoms with E-state index < -0.39 is 0 Å². The Morgan fingerprint density at radius 3 is 2.81 bits per heavy atom. The number of carbonyl (C=O) groups is 1. The summed E-state index contributed by atoms with van der Waals surface area (Å²) < 4.78 is 7.63. The van der Waals surface area contributed by atoms with Crippen LogP contribution in [0.25, 0.3) is 22.3 Å². The van der Waals surface area contributed by atoms with Gasteiger partial charge in [0, 0.05) is 37.3 Å². The Morgan fingerprint density at radius 1 is 1.17 bits per heavy atom. The van der Waals surface area contributed by atoms with E-state index in [1.54, 1.807) is 17.2 Å². The van der Waals surface area contributed by atoms with Gasteiger partial charge in [0.05, 0.1) is 18.0 Å². The van der Waals surface area contributed by atoms with Crippen molar-refractivity contribution in [1.29, 1.82) is 0 Å². The molecule has 3 N–H and O–H groups in total. The first kappa shape index (κ1) is 23.3. The van der Waals surface area contributed by atoms with Crippen LogP contribution in [0, 0.1) is 11.8 Å². The second-order valence-electron chi connectivity index (χ2n) is 8.37. The minimum Gasteiger partial charge on any atom is -0.439 e. The Balaban J connectivity index is 1.45. The molecule has 1 amide bonds. The summed E-state index contributed by atoms with van der Waals surface area (Å²) in [5, 5.41) is 14.4. The van der Waals surface area contributed by atoms with Gasteiger partial charge < -0.3 is 20.5 Å². The Bertz CT molecular complexity index is 1430. The number of piperidine rings is 1. The lowest BCUT2D eigenvalue weighted by molar-refractivity contribution is -0.126. The number of aromatic nitrogens is 5. The van der Waals surface area contributed by atoms with Crippen molar-refractivity contribution in [3.8, 4) is 34.7 Å². The summed E-state index contributed by atoms with van der Waals surface area (Å²) in [6, 6.07) is 13.0. The van der Waals surface area contributed by atoms with Crippen LogP contribution < -0.4 is 10.5 Å². The van der Waals surface area contributed by atoms with Crippen molar-refractivity contribution >= 4 is 22.8 Å². The van der Waals surface area contributed by atoms with Crippen LogP contribution in [0.2, 0.25) is 0 Å². The lowest BCUT2D eigenvalue weighted by Crippen LogP contribution is -2.40. The van der Waals surface area contributed by atoms with Gasteiger partial charge in [0.25, 0.3) is 5.91 Å². The third-order valence-electron chi connectivity index (χ3n) is 5.96. The molecule has 1 aromatic carbocycles. The molecule has 36 heavy (non-hydrogen) atoms. The molecule has 4 aromatic rings. The maximum absolute atomic E-state index is 12.5. The summed E-state index contributed by atoms with van der Waals surface area (Å²) in [6.07, 6.45) is 5.01. The summed E-state index contributed by atoms with van der Waals surface area (Å²) in [4.78, 5) is 27.3.